The number of anilines is 1. The summed E-state index contributed by atoms with van der Waals surface area (Å²) in [5.41, 5.74) is 0.690. The number of nitrogens with zero attached hydrogens (tertiary/aromatic N) is 1. The van der Waals surface area contributed by atoms with Crippen molar-refractivity contribution in [3.63, 3.8) is 0 Å². The molecule has 0 spiro atoms. The molecule has 1 amide bonds. The number of fused-ring (bicyclic) bond motifs is 1. The quantitative estimate of drug-likeness (QED) is 0.866. The van der Waals surface area contributed by atoms with E-state index in [9.17, 15) is 4.79 Å². The van der Waals surface area contributed by atoms with Crippen molar-refractivity contribution in [3.05, 3.63) is 22.7 Å². The summed E-state index contributed by atoms with van der Waals surface area (Å²) in [6, 6.07) is 5.57. The summed E-state index contributed by atoms with van der Waals surface area (Å²) in [6.45, 7) is 5.36. The molecular formula is C12H13BrN2O3. The average Bonchev–Trinajstić information content (AvgIpc) is 2.58. The van der Waals surface area contributed by atoms with Crippen molar-refractivity contribution in [2.24, 2.45) is 0 Å². The summed E-state index contributed by atoms with van der Waals surface area (Å²) in [7, 11) is 0. The number of carbonyl (C=O) groups excluding carboxylic acids is 1. The van der Waals surface area contributed by atoms with E-state index in [0.29, 0.717) is 11.1 Å². The molecule has 1 heterocycles. The molecule has 0 aliphatic heterocycles. The minimum atomic E-state index is -0.592. The van der Waals surface area contributed by atoms with Crippen molar-refractivity contribution in [2.45, 2.75) is 26.4 Å². The Hall–Kier alpha value is -1.56. The first-order chi connectivity index (χ1) is 8.35. The van der Waals surface area contributed by atoms with Gasteiger partial charge in [-0.1, -0.05) is 6.07 Å². The molecule has 18 heavy (non-hydrogen) atoms. The SMILES string of the molecule is CC(C)(C)OC(=O)Nc1nc2c(Br)cccc2o1. The van der Waals surface area contributed by atoms with Crippen molar-refractivity contribution >= 4 is 39.1 Å². The smallest absolute Gasteiger partial charge is 0.415 e. The predicted octanol–water partition coefficient (Wildman–Crippen LogP) is 3.94. The first-order valence-corrected chi connectivity index (χ1v) is 6.19. The third kappa shape index (κ3) is 3.01. The lowest BCUT2D eigenvalue weighted by Gasteiger charge is -2.18. The van der Waals surface area contributed by atoms with E-state index in [4.69, 9.17) is 9.15 Å². The van der Waals surface area contributed by atoms with E-state index < -0.39 is 11.7 Å². The van der Waals surface area contributed by atoms with E-state index in [-0.39, 0.29) is 6.01 Å². The molecule has 5 nitrogen and oxygen atoms in total. The van der Waals surface area contributed by atoms with Gasteiger partial charge < -0.3 is 9.15 Å². The maximum atomic E-state index is 11.5. The molecule has 2 aromatic rings. The number of rotatable bonds is 1. The summed E-state index contributed by atoms with van der Waals surface area (Å²) >= 11 is 3.36. The van der Waals surface area contributed by atoms with Crippen LogP contribution in [0.15, 0.2) is 27.1 Å². The number of benzene rings is 1. The topological polar surface area (TPSA) is 64.4 Å². The van der Waals surface area contributed by atoms with E-state index in [1.54, 1.807) is 26.8 Å². The summed E-state index contributed by atoms with van der Waals surface area (Å²) in [5, 5.41) is 2.46. The highest BCUT2D eigenvalue weighted by Crippen LogP contribution is 2.26. The zero-order chi connectivity index (χ0) is 13.3. The third-order valence-corrected chi connectivity index (χ3v) is 2.62. The maximum absolute atomic E-state index is 11.5. The number of hydrogen-bond donors (Lipinski definition) is 1. The Bertz CT molecular complexity index is 587. The Morgan fingerprint density at radius 3 is 2.78 bits per heavy atom. The van der Waals surface area contributed by atoms with Gasteiger partial charge in [-0.25, -0.2) is 10.1 Å². The van der Waals surface area contributed by atoms with Gasteiger partial charge in [0.2, 0.25) is 0 Å². The fourth-order valence-electron chi connectivity index (χ4n) is 1.36. The van der Waals surface area contributed by atoms with Gasteiger partial charge in [0.25, 0.3) is 0 Å². The molecule has 0 saturated heterocycles. The molecule has 1 aromatic carbocycles. The van der Waals surface area contributed by atoms with Gasteiger partial charge in [0.1, 0.15) is 11.1 Å². The number of hydrogen-bond acceptors (Lipinski definition) is 4. The van der Waals surface area contributed by atoms with Crippen LogP contribution < -0.4 is 5.32 Å². The van der Waals surface area contributed by atoms with Crippen molar-refractivity contribution in [3.8, 4) is 0 Å². The Morgan fingerprint density at radius 1 is 1.44 bits per heavy atom. The van der Waals surface area contributed by atoms with Crippen LogP contribution in [0.1, 0.15) is 20.8 Å². The molecule has 1 aromatic heterocycles. The third-order valence-electron chi connectivity index (χ3n) is 1.98. The van der Waals surface area contributed by atoms with Crippen LogP contribution in [-0.4, -0.2) is 16.7 Å². The maximum Gasteiger partial charge on any atom is 0.415 e. The lowest BCUT2D eigenvalue weighted by Crippen LogP contribution is -2.27. The predicted molar refractivity (Wildman–Crippen MR) is 71.6 cm³/mol. The monoisotopic (exact) mass is 312 g/mol. The van der Waals surface area contributed by atoms with E-state index in [2.05, 4.69) is 26.2 Å². The fraction of sp³-hybridized carbons (Fsp3) is 0.333. The molecule has 0 aliphatic carbocycles. The average molecular weight is 313 g/mol. The Morgan fingerprint density at radius 2 is 2.17 bits per heavy atom. The van der Waals surface area contributed by atoms with Crippen molar-refractivity contribution < 1.29 is 13.9 Å². The van der Waals surface area contributed by atoms with Gasteiger partial charge in [-0.3, -0.25) is 0 Å². The van der Waals surface area contributed by atoms with Gasteiger partial charge in [0.05, 0.1) is 0 Å². The summed E-state index contributed by atoms with van der Waals surface area (Å²) in [5.74, 6) is 0. The molecular weight excluding hydrogens is 300 g/mol. The summed E-state index contributed by atoms with van der Waals surface area (Å²) in [4.78, 5) is 15.7. The molecule has 1 N–H and O–H groups in total. The van der Waals surface area contributed by atoms with E-state index in [0.717, 1.165) is 4.47 Å². The van der Waals surface area contributed by atoms with Crippen LogP contribution in [0, 0.1) is 0 Å². The highest BCUT2D eigenvalue weighted by Gasteiger charge is 2.18. The molecule has 6 heteroatoms. The molecule has 96 valence electrons. The van der Waals surface area contributed by atoms with Gasteiger partial charge in [-0.05, 0) is 48.8 Å². The zero-order valence-electron chi connectivity index (χ0n) is 10.3. The first-order valence-electron chi connectivity index (χ1n) is 5.40. The molecule has 0 fully saturated rings. The minimum absolute atomic E-state index is 0.117. The first kappa shape index (κ1) is 12.9. The van der Waals surface area contributed by atoms with E-state index in [1.165, 1.54) is 0 Å². The van der Waals surface area contributed by atoms with Gasteiger partial charge in [0, 0.05) is 4.47 Å². The van der Waals surface area contributed by atoms with Crippen LogP contribution in [0.25, 0.3) is 11.1 Å². The number of halogens is 1. The number of oxazole rings is 1. The van der Waals surface area contributed by atoms with Crippen LogP contribution >= 0.6 is 15.9 Å². The molecule has 2 rings (SSSR count). The lowest BCUT2D eigenvalue weighted by molar-refractivity contribution is 0.0632. The molecule has 0 atom stereocenters. The number of ether oxygens (including phenoxy) is 1. The highest BCUT2D eigenvalue weighted by atomic mass is 79.9. The molecule has 0 saturated carbocycles. The lowest BCUT2D eigenvalue weighted by atomic mass is 10.2. The second-order valence-electron chi connectivity index (χ2n) is 4.73. The molecule has 0 aliphatic rings. The second-order valence-corrected chi connectivity index (χ2v) is 5.59. The van der Waals surface area contributed by atoms with Crippen LogP contribution in [0.5, 0.6) is 0 Å². The van der Waals surface area contributed by atoms with Gasteiger partial charge in [0.15, 0.2) is 5.58 Å². The number of carbonyl (C=O) groups is 1. The standard InChI is InChI=1S/C12H13BrN2O3/c1-12(2,3)18-11(16)15-10-14-9-7(13)5-4-6-8(9)17-10/h4-6H,1-3H3,(H,14,15,16). The number of para-hydroxylation sites is 1. The second kappa shape index (κ2) is 4.61. The minimum Gasteiger partial charge on any atom is -0.443 e. The van der Waals surface area contributed by atoms with Gasteiger partial charge in [-0.2, -0.15) is 4.98 Å². The van der Waals surface area contributed by atoms with Crippen molar-refractivity contribution in [2.75, 3.05) is 5.32 Å². The Kier molecular flexibility index (Phi) is 3.30. The van der Waals surface area contributed by atoms with E-state index in [1.807, 2.05) is 12.1 Å². The summed E-state index contributed by atoms with van der Waals surface area (Å²) < 4.78 is 11.3. The molecule has 0 unspecified atom stereocenters. The zero-order valence-corrected chi connectivity index (χ0v) is 11.9. The molecule has 0 bridgehead atoms. The van der Waals surface area contributed by atoms with Crippen LogP contribution in [0.4, 0.5) is 10.8 Å². The van der Waals surface area contributed by atoms with Crippen LogP contribution in [0.2, 0.25) is 0 Å². The van der Waals surface area contributed by atoms with Gasteiger partial charge >= 0.3 is 12.1 Å². The summed E-state index contributed by atoms with van der Waals surface area (Å²) in [6.07, 6.45) is -0.592. The van der Waals surface area contributed by atoms with Crippen LogP contribution in [-0.2, 0) is 4.74 Å². The normalized spacial score (nSPS) is 11.6. The fourth-order valence-corrected chi connectivity index (χ4v) is 1.80. The number of amides is 1. The highest BCUT2D eigenvalue weighted by molar-refractivity contribution is 9.10. The number of aromatic nitrogens is 1. The number of nitrogens with one attached hydrogen (secondary N) is 1. The van der Waals surface area contributed by atoms with Crippen LogP contribution in [0.3, 0.4) is 0 Å². The Balaban J connectivity index is 2.18. The Labute approximate surface area is 113 Å². The van der Waals surface area contributed by atoms with Crippen molar-refractivity contribution in [1.82, 2.24) is 4.98 Å². The van der Waals surface area contributed by atoms with Gasteiger partial charge in [-0.15, -0.1) is 0 Å². The largest absolute Gasteiger partial charge is 0.443 e. The van der Waals surface area contributed by atoms with Crippen molar-refractivity contribution in [1.29, 1.82) is 0 Å². The van der Waals surface area contributed by atoms with E-state index >= 15 is 0 Å². The molecule has 0 radical (unpaired) electrons.